The number of carbonyl (C=O) groups excluding carboxylic acids is 2. The van der Waals surface area contributed by atoms with Crippen molar-refractivity contribution in [3.05, 3.63) is 59.7 Å². The number of nitrogens with one attached hydrogen (secondary N) is 1. The molecule has 0 aromatic heterocycles. The van der Waals surface area contributed by atoms with Gasteiger partial charge in [-0.1, -0.05) is 30.3 Å². The lowest BCUT2D eigenvalue weighted by atomic mass is 9.90. The van der Waals surface area contributed by atoms with Gasteiger partial charge in [-0.3, -0.25) is 14.4 Å². The Kier molecular flexibility index (Phi) is 5.20. The maximum atomic E-state index is 12.6. The number of rotatable bonds is 6. The highest BCUT2D eigenvalue weighted by molar-refractivity contribution is 5.94. The standard InChI is InChI=1S/C22H22N2O5/c25-20(24-11-15-4-1-2-7-18(15)19(12-24)22(27)28)13-29-17-6-3-5-16(10-17)23-21(26)14-8-9-14/h1-7,10,14,19H,8-9,11-13H2,(H,23,26)(H,27,28). The summed E-state index contributed by atoms with van der Waals surface area (Å²) in [6.45, 7) is 0.278. The van der Waals surface area contributed by atoms with E-state index in [0.29, 0.717) is 18.0 Å². The molecular formula is C22H22N2O5. The second-order valence-corrected chi connectivity index (χ2v) is 7.44. The van der Waals surface area contributed by atoms with Crippen LogP contribution in [0.3, 0.4) is 0 Å². The number of hydrogen-bond acceptors (Lipinski definition) is 4. The minimum Gasteiger partial charge on any atom is -0.484 e. The smallest absolute Gasteiger partial charge is 0.312 e. The van der Waals surface area contributed by atoms with Crippen LogP contribution in [0, 0.1) is 5.92 Å². The Labute approximate surface area is 168 Å². The Morgan fingerprint density at radius 3 is 2.66 bits per heavy atom. The number of benzene rings is 2. The summed E-state index contributed by atoms with van der Waals surface area (Å²) in [4.78, 5) is 37.7. The molecule has 1 aliphatic heterocycles. The summed E-state index contributed by atoms with van der Waals surface area (Å²) < 4.78 is 5.61. The molecule has 150 valence electrons. The summed E-state index contributed by atoms with van der Waals surface area (Å²) >= 11 is 0. The van der Waals surface area contributed by atoms with Gasteiger partial charge in [-0.15, -0.1) is 0 Å². The van der Waals surface area contributed by atoms with Crippen molar-refractivity contribution in [2.75, 3.05) is 18.5 Å². The number of nitrogens with zero attached hydrogens (tertiary/aromatic N) is 1. The zero-order chi connectivity index (χ0) is 20.4. The molecule has 0 radical (unpaired) electrons. The van der Waals surface area contributed by atoms with Gasteiger partial charge in [0.05, 0.1) is 5.92 Å². The van der Waals surface area contributed by atoms with E-state index in [0.717, 1.165) is 24.0 Å². The van der Waals surface area contributed by atoms with E-state index in [2.05, 4.69) is 5.32 Å². The maximum Gasteiger partial charge on any atom is 0.312 e. The van der Waals surface area contributed by atoms with Crippen LogP contribution in [-0.2, 0) is 20.9 Å². The molecule has 0 saturated heterocycles. The Bertz CT molecular complexity index is 954. The first-order chi connectivity index (χ1) is 14.0. The van der Waals surface area contributed by atoms with Crippen molar-refractivity contribution in [1.82, 2.24) is 4.90 Å². The van der Waals surface area contributed by atoms with Crippen LogP contribution in [0.25, 0.3) is 0 Å². The van der Waals surface area contributed by atoms with E-state index in [4.69, 9.17) is 4.74 Å². The van der Waals surface area contributed by atoms with Crippen molar-refractivity contribution < 1.29 is 24.2 Å². The molecule has 0 spiro atoms. The summed E-state index contributed by atoms with van der Waals surface area (Å²) in [6.07, 6.45) is 1.85. The molecule has 1 heterocycles. The molecular weight excluding hydrogens is 372 g/mol. The van der Waals surface area contributed by atoms with E-state index in [1.165, 1.54) is 4.90 Å². The number of carboxylic acids is 1. The van der Waals surface area contributed by atoms with Crippen LogP contribution in [0.4, 0.5) is 5.69 Å². The van der Waals surface area contributed by atoms with E-state index in [1.807, 2.05) is 18.2 Å². The van der Waals surface area contributed by atoms with Crippen molar-refractivity contribution in [2.45, 2.75) is 25.3 Å². The lowest BCUT2D eigenvalue weighted by Crippen LogP contribution is -2.42. The molecule has 0 bridgehead atoms. The molecule has 2 aromatic rings. The fourth-order valence-electron chi connectivity index (χ4n) is 3.50. The van der Waals surface area contributed by atoms with Gasteiger partial charge in [-0.2, -0.15) is 0 Å². The van der Waals surface area contributed by atoms with E-state index in [9.17, 15) is 19.5 Å². The number of anilines is 1. The maximum absolute atomic E-state index is 12.6. The molecule has 1 unspecified atom stereocenters. The molecule has 1 aliphatic carbocycles. The van der Waals surface area contributed by atoms with Crippen molar-refractivity contribution in [3.8, 4) is 5.75 Å². The summed E-state index contributed by atoms with van der Waals surface area (Å²) in [5.41, 5.74) is 2.22. The lowest BCUT2D eigenvalue weighted by Gasteiger charge is -2.32. The first-order valence-electron chi connectivity index (χ1n) is 9.63. The normalized spacial score (nSPS) is 17.9. The SMILES string of the molecule is O=C(Nc1cccc(OCC(=O)N2Cc3ccccc3C(C(=O)O)C2)c1)C1CC1. The van der Waals surface area contributed by atoms with Crippen molar-refractivity contribution >= 4 is 23.5 Å². The van der Waals surface area contributed by atoms with Crippen LogP contribution in [0.15, 0.2) is 48.5 Å². The van der Waals surface area contributed by atoms with Crippen LogP contribution < -0.4 is 10.1 Å². The van der Waals surface area contributed by atoms with Gasteiger partial charge in [0.15, 0.2) is 6.61 Å². The summed E-state index contributed by atoms with van der Waals surface area (Å²) in [5, 5.41) is 12.4. The van der Waals surface area contributed by atoms with E-state index >= 15 is 0 Å². The Hall–Kier alpha value is -3.35. The number of fused-ring (bicyclic) bond motifs is 1. The lowest BCUT2D eigenvalue weighted by molar-refractivity contribution is -0.142. The largest absolute Gasteiger partial charge is 0.484 e. The van der Waals surface area contributed by atoms with E-state index < -0.39 is 11.9 Å². The van der Waals surface area contributed by atoms with Crippen LogP contribution >= 0.6 is 0 Å². The molecule has 1 fully saturated rings. The first kappa shape index (κ1) is 19.0. The minimum atomic E-state index is -0.949. The number of amides is 2. The summed E-state index contributed by atoms with van der Waals surface area (Å²) in [6, 6.07) is 14.2. The average molecular weight is 394 g/mol. The predicted molar refractivity (Wildman–Crippen MR) is 106 cm³/mol. The van der Waals surface area contributed by atoms with Gasteiger partial charge >= 0.3 is 5.97 Å². The molecule has 1 saturated carbocycles. The molecule has 2 amide bonds. The molecule has 2 aliphatic rings. The van der Waals surface area contributed by atoms with Gasteiger partial charge in [-0.25, -0.2) is 0 Å². The molecule has 7 heteroatoms. The van der Waals surface area contributed by atoms with Crippen LogP contribution in [0.2, 0.25) is 0 Å². The second-order valence-electron chi connectivity index (χ2n) is 7.44. The number of aliphatic carboxylic acids is 1. The molecule has 2 aromatic carbocycles. The highest BCUT2D eigenvalue weighted by Crippen LogP contribution is 2.31. The highest BCUT2D eigenvalue weighted by Gasteiger charge is 2.32. The van der Waals surface area contributed by atoms with Gasteiger partial charge in [0.25, 0.3) is 5.91 Å². The van der Waals surface area contributed by atoms with Crippen LogP contribution in [-0.4, -0.2) is 40.9 Å². The van der Waals surface area contributed by atoms with Gasteiger partial charge in [0.1, 0.15) is 5.75 Å². The third-order valence-electron chi connectivity index (χ3n) is 5.26. The highest BCUT2D eigenvalue weighted by atomic mass is 16.5. The number of carbonyl (C=O) groups is 3. The van der Waals surface area contributed by atoms with Crippen LogP contribution in [0.5, 0.6) is 5.75 Å². The van der Waals surface area contributed by atoms with E-state index in [1.54, 1.807) is 30.3 Å². The molecule has 29 heavy (non-hydrogen) atoms. The Morgan fingerprint density at radius 1 is 1.10 bits per heavy atom. The Morgan fingerprint density at radius 2 is 1.90 bits per heavy atom. The third-order valence-corrected chi connectivity index (χ3v) is 5.26. The van der Waals surface area contributed by atoms with Crippen molar-refractivity contribution in [3.63, 3.8) is 0 Å². The van der Waals surface area contributed by atoms with Gasteiger partial charge in [-0.05, 0) is 36.1 Å². The van der Waals surface area contributed by atoms with Crippen molar-refractivity contribution in [2.24, 2.45) is 5.92 Å². The Balaban J connectivity index is 1.38. The number of hydrogen-bond donors (Lipinski definition) is 2. The summed E-state index contributed by atoms with van der Waals surface area (Å²) in [5.74, 6) is -1.40. The first-order valence-corrected chi connectivity index (χ1v) is 9.63. The zero-order valence-electron chi connectivity index (χ0n) is 15.8. The quantitative estimate of drug-likeness (QED) is 0.785. The number of carboxylic acid groups (broad SMARTS) is 1. The minimum absolute atomic E-state index is 0.00456. The second kappa shape index (κ2) is 7.95. The van der Waals surface area contributed by atoms with E-state index in [-0.39, 0.29) is 30.9 Å². The van der Waals surface area contributed by atoms with Crippen LogP contribution in [0.1, 0.15) is 29.9 Å². The number of ether oxygens (including phenoxy) is 1. The zero-order valence-corrected chi connectivity index (χ0v) is 15.8. The topological polar surface area (TPSA) is 95.9 Å². The molecule has 2 N–H and O–H groups in total. The average Bonchev–Trinajstić information content (AvgIpc) is 3.57. The van der Waals surface area contributed by atoms with Gasteiger partial charge < -0.3 is 20.1 Å². The van der Waals surface area contributed by atoms with Crippen molar-refractivity contribution in [1.29, 1.82) is 0 Å². The molecule has 4 rings (SSSR count). The fraction of sp³-hybridized carbons (Fsp3) is 0.318. The predicted octanol–water partition coefficient (Wildman–Crippen LogP) is 2.62. The summed E-state index contributed by atoms with van der Waals surface area (Å²) in [7, 11) is 0. The van der Waals surface area contributed by atoms with Gasteiger partial charge in [0, 0.05) is 30.8 Å². The third kappa shape index (κ3) is 4.39. The van der Waals surface area contributed by atoms with Gasteiger partial charge in [0.2, 0.25) is 5.91 Å². The molecule has 7 nitrogen and oxygen atoms in total. The fourth-order valence-corrected chi connectivity index (χ4v) is 3.50. The monoisotopic (exact) mass is 394 g/mol. The molecule has 1 atom stereocenters.